The molecule has 2 rings (SSSR count). The number of rotatable bonds is 6. The molecule has 0 radical (unpaired) electrons. The van der Waals surface area contributed by atoms with Crippen LogP contribution in [0.3, 0.4) is 0 Å². The fourth-order valence-electron chi connectivity index (χ4n) is 2.54. The summed E-state index contributed by atoms with van der Waals surface area (Å²) in [5.41, 5.74) is 0. The van der Waals surface area contributed by atoms with Gasteiger partial charge in [-0.1, -0.05) is 19.0 Å². The fourth-order valence-corrected chi connectivity index (χ4v) is 2.54. The summed E-state index contributed by atoms with van der Waals surface area (Å²) >= 11 is 0. The van der Waals surface area contributed by atoms with Crippen LogP contribution in [0.25, 0.3) is 0 Å². The average Bonchev–Trinajstić information content (AvgIpc) is 2.87. The first-order valence-electron chi connectivity index (χ1n) is 7.26. The molecule has 108 valence electrons. The number of aromatic nitrogens is 2. The van der Waals surface area contributed by atoms with Crippen molar-refractivity contribution in [3.8, 4) is 0 Å². The molecule has 1 aromatic heterocycles. The number of nitrogens with one attached hydrogen (secondary N) is 1. The lowest BCUT2D eigenvalue weighted by atomic mass is 10.0. The first-order valence-corrected chi connectivity index (χ1v) is 7.26. The Morgan fingerprint density at radius 3 is 2.89 bits per heavy atom. The summed E-state index contributed by atoms with van der Waals surface area (Å²) in [6.07, 6.45) is 4.09. The van der Waals surface area contributed by atoms with E-state index in [1.54, 1.807) is 0 Å². The molecule has 1 aliphatic heterocycles. The number of ether oxygens (including phenoxy) is 1. The molecule has 1 aromatic rings. The van der Waals surface area contributed by atoms with E-state index in [1.165, 1.54) is 0 Å². The maximum absolute atomic E-state index is 5.47. The molecule has 0 aliphatic carbocycles. The molecule has 1 fully saturated rings. The molecule has 5 heteroatoms. The van der Waals surface area contributed by atoms with Gasteiger partial charge in [0.1, 0.15) is 0 Å². The minimum absolute atomic E-state index is 0.310. The van der Waals surface area contributed by atoms with Crippen molar-refractivity contribution in [3.63, 3.8) is 0 Å². The van der Waals surface area contributed by atoms with E-state index in [2.05, 4.69) is 29.3 Å². The predicted molar refractivity (Wildman–Crippen MR) is 73.1 cm³/mol. The largest absolute Gasteiger partial charge is 0.381 e. The Hall–Kier alpha value is -0.940. The zero-order valence-corrected chi connectivity index (χ0v) is 12.2. The quantitative estimate of drug-likeness (QED) is 0.855. The molecular formula is C14H25N3O2. The van der Waals surface area contributed by atoms with Gasteiger partial charge in [0.25, 0.3) is 0 Å². The second-order valence-corrected chi connectivity index (χ2v) is 5.78. The highest BCUT2D eigenvalue weighted by Gasteiger charge is 2.22. The fraction of sp³-hybridized carbons (Fsp3) is 0.857. The first-order chi connectivity index (χ1) is 9.19. The zero-order chi connectivity index (χ0) is 13.7. The van der Waals surface area contributed by atoms with Crippen molar-refractivity contribution in [2.75, 3.05) is 20.3 Å². The van der Waals surface area contributed by atoms with E-state index < -0.39 is 0 Å². The van der Waals surface area contributed by atoms with Crippen LogP contribution in [0.15, 0.2) is 4.52 Å². The van der Waals surface area contributed by atoms with Crippen molar-refractivity contribution in [1.29, 1.82) is 0 Å². The maximum atomic E-state index is 5.47. The lowest BCUT2D eigenvalue weighted by Crippen LogP contribution is -2.29. The van der Waals surface area contributed by atoms with Crippen LogP contribution in [0.4, 0.5) is 0 Å². The van der Waals surface area contributed by atoms with Crippen molar-refractivity contribution in [1.82, 2.24) is 15.5 Å². The highest BCUT2D eigenvalue weighted by Crippen LogP contribution is 2.23. The first kappa shape index (κ1) is 14.5. The lowest BCUT2D eigenvalue weighted by molar-refractivity contribution is 0.0773. The van der Waals surface area contributed by atoms with Gasteiger partial charge in [-0.15, -0.1) is 0 Å². The Morgan fingerprint density at radius 1 is 1.42 bits per heavy atom. The third-order valence-corrected chi connectivity index (χ3v) is 3.59. The van der Waals surface area contributed by atoms with E-state index in [0.29, 0.717) is 17.9 Å². The number of hydrogen-bond donors (Lipinski definition) is 1. The molecule has 0 amide bonds. The van der Waals surface area contributed by atoms with Crippen molar-refractivity contribution < 1.29 is 9.26 Å². The standard InChI is InChI=1S/C14H25N3O2/c1-10(2)7-12(15-3)8-13-16-14(17-19-13)11-5-4-6-18-9-11/h10-12,15H,4-9H2,1-3H3. The Morgan fingerprint density at radius 2 is 2.26 bits per heavy atom. The van der Waals surface area contributed by atoms with Gasteiger partial charge in [0.05, 0.1) is 6.61 Å². The summed E-state index contributed by atoms with van der Waals surface area (Å²) in [6, 6.07) is 0.399. The summed E-state index contributed by atoms with van der Waals surface area (Å²) in [7, 11) is 1.99. The zero-order valence-electron chi connectivity index (χ0n) is 12.2. The molecule has 0 spiro atoms. The Labute approximate surface area is 115 Å². The van der Waals surface area contributed by atoms with Crippen LogP contribution in [0.1, 0.15) is 50.7 Å². The van der Waals surface area contributed by atoms with Gasteiger partial charge in [-0.05, 0) is 32.2 Å². The van der Waals surface area contributed by atoms with E-state index in [4.69, 9.17) is 9.26 Å². The van der Waals surface area contributed by atoms with Gasteiger partial charge in [-0.3, -0.25) is 0 Å². The normalized spacial score (nSPS) is 21.8. The van der Waals surface area contributed by atoms with E-state index >= 15 is 0 Å². The maximum Gasteiger partial charge on any atom is 0.228 e. The van der Waals surface area contributed by atoms with Crippen molar-refractivity contribution >= 4 is 0 Å². The van der Waals surface area contributed by atoms with E-state index in [-0.39, 0.29) is 0 Å². The van der Waals surface area contributed by atoms with Gasteiger partial charge in [-0.2, -0.15) is 4.98 Å². The van der Waals surface area contributed by atoms with E-state index in [0.717, 1.165) is 50.6 Å². The van der Waals surface area contributed by atoms with Crippen LogP contribution in [-0.4, -0.2) is 36.4 Å². The third-order valence-electron chi connectivity index (χ3n) is 3.59. The third kappa shape index (κ3) is 4.28. The summed E-state index contributed by atoms with van der Waals surface area (Å²) in [5, 5.41) is 7.43. The minimum atomic E-state index is 0.310. The number of hydrogen-bond acceptors (Lipinski definition) is 5. The summed E-state index contributed by atoms with van der Waals surface area (Å²) in [6.45, 7) is 6.03. The molecule has 1 aliphatic rings. The summed E-state index contributed by atoms with van der Waals surface area (Å²) in [4.78, 5) is 4.53. The highest BCUT2D eigenvalue weighted by molar-refractivity contribution is 4.97. The van der Waals surface area contributed by atoms with Crippen LogP contribution < -0.4 is 5.32 Å². The van der Waals surface area contributed by atoms with Gasteiger partial charge < -0.3 is 14.6 Å². The molecule has 1 saturated heterocycles. The van der Waals surface area contributed by atoms with Crippen molar-refractivity contribution in [2.45, 2.75) is 51.5 Å². The molecular weight excluding hydrogens is 242 g/mol. The number of likely N-dealkylation sites (N-methyl/N-ethyl adjacent to an activating group) is 1. The average molecular weight is 267 g/mol. The molecule has 0 saturated carbocycles. The molecule has 0 bridgehead atoms. The number of nitrogens with zero attached hydrogens (tertiary/aromatic N) is 2. The smallest absolute Gasteiger partial charge is 0.228 e. The SMILES string of the molecule is CNC(Cc1nc(C2CCCOC2)no1)CC(C)C. The lowest BCUT2D eigenvalue weighted by Gasteiger charge is -2.18. The minimum Gasteiger partial charge on any atom is -0.381 e. The Balaban J connectivity index is 1.92. The van der Waals surface area contributed by atoms with Gasteiger partial charge in [-0.25, -0.2) is 0 Å². The van der Waals surface area contributed by atoms with Crippen LogP contribution in [0, 0.1) is 5.92 Å². The second kappa shape index (κ2) is 7.01. The van der Waals surface area contributed by atoms with Crippen LogP contribution in [0.2, 0.25) is 0 Å². The molecule has 2 unspecified atom stereocenters. The van der Waals surface area contributed by atoms with E-state index in [1.807, 2.05) is 7.05 Å². The Kier molecular flexibility index (Phi) is 5.34. The molecule has 2 heterocycles. The second-order valence-electron chi connectivity index (χ2n) is 5.78. The molecule has 2 atom stereocenters. The van der Waals surface area contributed by atoms with Gasteiger partial charge in [0.15, 0.2) is 5.82 Å². The van der Waals surface area contributed by atoms with Gasteiger partial charge >= 0.3 is 0 Å². The predicted octanol–water partition coefficient (Wildman–Crippen LogP) is 2.14. The molecule has 0 aromatic carbocycles. The topological polar surface area (TPSA) is 60.2 Å². The van der Waals surface area contributed by atoms with Crippen molar-refractivity contribution in [2.24, 2.45) is 5.92 Å². The molecule has 19 heavy (non-hydrogen) atoms. The molecule has 1 N–H and O–H groups in total. The van der Waals surface area contributed by atoms with Crippen LogP contribution in [0.5, 0.6) is 0 Å². The Bertz CT molecular complexity index is 373. The van der Waals surface area contributed by atoms with Crippen LogP contribution in [-0.2, 0) is 11.2 Å². The van der Waals surface area contributed by atoms with Crippen molar-refractivity contribution in [3.05, 3.63) is 11.7 Å². The van der Waals surface area contributed by atoms with Crippen LogP contribution >= 0.6 is 0 Å². The molecule has 5 nitrogen and oxygen atoms in total. The monoisotopic (exact) mass is 267 g/mol. The summed E-state index contributed by atoms with van der Waals surface area (Å²) < 4.78 is 10.8. The summed E-state index contributed by atoms with van der Waals surface area (Å²) in [5.74, 6) is 2.52. The highest BCUT2D eigenvalue weighted by atomic mass is 16.5. The van der Waals surface area contributed by atoms with Gasteiger partial charge in [0.2, 0.25) is 5.89 Å². The van der Waals surface area contributed by atoms with E-state index in [9.17, 15) is 0 Å². The van der Waals surface area contributed by atoms with Gasteiger partial charge in [0, 0.05) is 25.0 Å².